The zero-order valence-corrected chi connectivity index (χ0v) is 17.5. The third-order valence-corrected chi connectivity index (χ3v) is 3.75. The number of pyridine rings is 1. The first-order valence-electron chi connectivity index (χ1n) is 8.15. The standard InChI is InChI=1S/C18H22ClFN4O.HI/c1-2-21-18(22-10-9-13-7-8-17(19)23-11-13)24-12-16(25)14-5-3-4-6-15(14)20;/h3-8,11,16,25H,2,9-10,12H2,1H3,(H2,21,22,24);1H. The minimum atomic E-state index is -0.989. The lowest BCUT2D eigenvalue weighted by Crippen LogP contribution is -2.38. The van der Waals surface area contributed by atoms with Crippen LogP contribution < -0.4 is 10.6 Å². The number of halogens is 3. The second kappa shape index (κ2) is 12.0. The zero-order chi connectivity index (χ0) is 18.1. The van der Waals surface area contributed by atoms with E-state index in [-0.39, 0.29) is 36.1 Å². The van der Waals surface area contributed by atoms with Crippen LogP contribution >= 0.6 is 35.6 Å². The Morgan fingerprint density at radius 3 is 2.69 bits per heavy atom. The third kappa shape index (κ3) is 7.43. The highest BCUT2D eigenvalue weighted by molar-refractivity contribution is 14.0. The average Bonchev–Trinajstić information content (AvgIpc) is 2.61. The highest BCUT2D eigenvalue weighted by Gasteiger charge is 2.11. The first kappa shape index (κ1) is 22.6. The molecular weight excluding hydrogens is 470 g/mol. The van der Waals surface area contributed by atoms with Crippen molar-refractivity contribution in [2.24, 2.45) is 4.99 Å². The van der Waals surface area contributed by atoms with E-state index in [0.717, 1.165) is 12.0 Å². The number of aromatic nitrogens is 1. The monoisotopic (exact) mass is 492 g/mol. The van der Waals surface area contributed by atoms with Gasteiger partial charge in [0.05, 0.1) is 6.54 Å². The molecule has 0 fully saturated rings. The molecule has 0 saturated heterocycles. The van der Waals surface area contributed by atoms with Crippen molar-refractivity contribution in [1.82, 2.24) is 15.6 Å². The van der Waals surface area contributed by atoms with E-state index in [1.54, 1.807) is 30.5 Å². The van der Waals surface area contributed by atoms with Gasteiger partial charge in [0.1, 0.15) is 17.1 Å². The number of guanidine groups is 1. The van der Waals surface area contributed by atoms with Gasteiger partial charge in [-0.2, -0.15) is 0 Å². The summed E-state index contributed by atoms with van der Waals surface area (Å²) < 4.78 is 13.7. The second-order valence-corrected chi connectivity index (χ2v) is 5.81. The molecule has 142 valence electrons. The Morgan fingerprint density at radius 1 is 1.27 bits per heavy atom. The fraction of sp³-hybridized carbons (Fsp3) is 0.333. The van der Waals surface area contributed by atoms with Crippen LogP contribution in [-0.2, 0) is 6.42 Å². The molecule has 0 aliphatic rings. The molecule has 0 radical (unpaired) electrons. The van der Waals surface area contributed by atoms with E-state index < -0.39 is 11.9 Å². The number of aliphatic hydroxyl groups excluding tert-OH is 1. The molecule has 0 amide bonds. The van der Waals surface area contributed by atoms with E-state index in [0.29, 0.717) is 24.2 Å². The predicted molar refractivity (Wildman–Crippen MR) is 114 cm³/mol. The van der Waals surface area contributed by atoms with Crippen LogP contribution in [0.1, 0.15) is 24.2 Å². The summed E-state index contributed by atoms with van der Waals surface area (Å²) in [6, 6.07) is 9.83. The Balaban J connectivity index is 0.00000338. The van der Waals surface area contributed by atoms with Gasteiger partial charge >= 0.3 is 0 Å². The summed E-state index contributed by atoms with van der Waals surface area (Å²) in [5.41, 5.74) is 1.30. The van der Waals surface area contributed by atoms with Crippen molar-refractivity contribution >= 4 is 41.5 Å². The summed E-state index contributed by atoms with van der Waals surface area (Å²) in [4.78, 5) is 8.35. The van der Waals surface area contributed by atoms with Crippen molar-refractivity contribution in [1.29, 1.82) is 0 Å². The van der Waals surface area contributed by atoms with Gasteiger partial charge in [-0.3, -0.25) is 4.99 Å². The second-order valence-electron chi connectivity index (χ2n) is 5.42. The lowest BCUT2D eigenvalue weighted by molar-refractivity contribution is 0.182. The van der Waals surface area contributed by atoms with Crippen molar-refractivity contribution < 1.29 is 9.50 Å². The van der Waals surface area contributed by atoms with Crippen molar-refractivity contribution in [3.05, 3.63) is 64.7 Å². The van der Waals surface area contributed by atoms with E-state index >= 15 is 0 Å². The van der Waals surface area contributed by atoms with Gasteiger partial charge in [0, 0.05) is 24.8 Å². The molecule has 1 atom stereocenters. The molecule has 26 heavy (non-hydrogen) atoms. The molecule has 3 N–H and O–H groups in total. The average molecular weight is 493 g/mol. The number of nitrogens with zero attached hydrogens (tertiary/aromatic N) is 2. The van der Waals surface area contributed by atoms with Crippen LogP contribution in [0.3, 0.4) is 0 Å². The predicted octanol–water partition coefficient (Wildman–Crippen LogP) is 3.32. The van der Waals surface area contributed by atoms with E-state index in [2.05, 4.69) is 20.6 Å². The minimum absolute atomic E-state index is 0. The first-order valence-corrected chi connectivity index (χ1v) is 8.53. The van der Waals surface area contributed by atoms with Crippen LogP contribution in [-0.4, -0.2) is 35.7 Å². The number of benzene rings is 1. The summed E-state index contributed by atoms with van der Waals surface area (Å²) in [6.45, 7) is 3.35. The molecule has 0 bridgehead atoms. The molecular formula is C18H23ClFIN4O. The van der Waals surface area contributed by atoms with Gasteiger partial charge in [-0.1, -0.05) is 35.9 Å². The lowest BCUT2D eigenvalue weighted by Gasteiger charge is -2.13. The van der Waals surface area contributed by atoms with Gasteiger partial charge < -0.3 is 15.7 Å². The normalized spacial score (nSPS) is 12.2. The Morgan fingerprint density at radius 2 is 2.04 bits per heavy atom. The smallest absolute Gasteiger partial charge is 0.191 e. The van der Waals surface area contributed by atoms with Gasteiger partial charge in [0.15, 0.2) is 5.96 Å². The molecule has 2 rings (SSSR count). The van der Waals surface area contributed by atoms with Crippen LogP contribution in [0.25, 0.3) is 0 Å². The molecule has 8 heteroatoms. The number of hydrogen-bond acceptors (Lipinski definition) is 3. The maximum absolute atomic E-state index is 13.7. The largest absolute Gasteiger partial charge is 0.386 e. The Kier molecular flexibility index (Phi) is 10.5. The van der Waals surface area contributed by atoms with Crippen molar-refractivity contribution in [2.75, 3.05) is 19.6 Å². The molecule has 0 aliphatic carbocycles. The Hall–Kier alpha value is -1.45. The van der Waals surface area contributed by atoms with E-state index in [4.69, 9.17) is 11.6 Å². The minimum Gasteiger partial charge on any atom is -0.386 e. The van der Waals surface area contributed by atoms with Crippen molar-refractivity contribution in [2.45, 2.75) is 19.4 Å². The topological polar surface area (TPSA) is 69.5 Å². The van der Waals surface area contributed by atoms with Gasteiger partial charge in [-0.25, -0.2) is 9.37 Å². The molecule has 5 nitrogen and oxygen atoms in total. The molecule has 1 unspecified atom stereocenters. The molecule has 1 aromatic carbocycles. The first-order chi connectivity index (χ1) is 12.1. The van der Waals surface area contributed by atoms with Gasteiger partial charge in [0.2, 0.25) is 0 Å². The van der Waals surface area contributed by atoms with Crippen LogP contribution in [0, 0.1) is 5.82 Å². The SMILES string of the molecule is CCNC(=NCC(O)c1ccccc1F)NCCc1ccc(Cl)nc1.I. The Labute approximate surface area is 175 Å². The summed E-state index contributed by atoms with van der Waals surface area (Å²) in [7, 11) is 0. The number of aliphatic hydroxyl groups is 1. The molecule has 2 aromatic rings. The summed E-state index contributed by atoms with van der Waals surface area (Å²) in [5.74, 6) is 0.137. The molecule has 0 aliphatic heterocycles. The highest BCUT2D eigenvalue weighted by atomic mass is 127. The van der Waals surface area contributed by atoms with Gasteiger partial charge in [-0.05, 0) is 31.0 Å². The van der Waals surface area contributed by atoms with E-state index in [1.165, 1.54) is 6.07 Å². The van der Waals surface area contributed by atoms with Crippen LogP contribution in [0.5, 0.6) is 0 Å². The fourth-order valence-electron chi connectivity index (χ4n) is 2.24. The lowest BCUT2D eigenvalue weighted by atomic mass is 10.1. The number of aliphatic imine (C=N–C) groups is 1. The van der Waals surface area contributed by atoms with Crippen molar-refractivity contribution in [3.8, 4) is 0 Å². The third-order valence-electron chi connectivity index (χ3n) is 3.53. The zero-order valence-electron chi connectivity index (χ0n) is 14.5. The molecule has 0 saturated carbocycles. The van der Waals surface area contributed by atoms with Gasteiger partial charge in [0.25, 0.3) is 0 Å². The molecule has 1 heterocycles. The van der Waals surface area contributed by atoms with E-state index in [9.17, 15) is 9.50 Å². The number of hydrogen-bond donors (Lipinski definition) is 3. The molecule has 0 spiro atoms. The summed E-state index contributed by atoms with van der Waals surface area (Å²) in [6.07, 6.45) is 1.50. The Bertz CT molecular complexity index is 700. The maximum atomic E-state index is 13.7. The van der Waals surface area contributed by atoms with Crippen molar-refractivity contribution in [3.63, 3.8) is 0 Å². The fourth-order valence-corrected chi connectivity index (χ4v) is 2.35. The number of nitrogens with one attached hydrogen (secondary N) is 2. The quantitative estimate of drug-likeness (QED) is 0.240. The summed E-state index contributed by atoms with van der Waals surface area (Å²) in [5, 5.41) is 16.9. The molecule has 1 aromatic heterocycles. The maximum Gasteiger partial charge on any atom is 0.191 e. The van der Waals surface area contributed by atoms with Crippen LogP contribution in [0.15, 0.2) is 47.6 Å². The van der Waals surface area contributed by atoms with Crippen LogP contribution in [0.4, 0.5) is 4.39 Å². The number of rotatable bonds is 7. The van der Waals surface area contributed by atoms with E-state index in [1.807, 2.05) is 13.0 Å². The summed E-state index contributed by atoms with van der Waals surface area (Å²) >= 11 is 5.76. The highest BCUT2D eigenvalue weighted by Crippen LogP contribution is 2.16. The van der Waals surface area contributed by atoms with Crippen LogP contribution in [0.2, 0.25) is 5.15 Å². The van der Waals surface area contributed by atoms with Gasteiger partial charge in [-0.15, -0.1) is 24.0 Å².